The second-order valence-corrected chi connectivity index (χ2v) is 7.54. The van der Waals surface area contributed by atoms with Crippen LogP contribution in [0.1, 0.15) is 32.1 Å². The Morgan fingerprint density at radius 2 is 1.78 bits per heavy atom. The number of nitrogens with two attached hydrogens (primary N) is 1. The minimum atomic E-state index is -0.593. The van der Waals surface area contributed by atoms with Crippen LogP contribution in [0.4, 0.5) is 11.6 Å². The minimum Gasteiger partial charge on any atom is -0.381 e. The Balaban J connectivity index is 1.65. The van der Waals surface area contributed by atoms with E-state index in [0.29, 0.717) is 32.6 Å². The molecule has 0 radical (unpaired) electrons. The molecular weight excluding hydrogens is 342 g/mol. The highest BCUT2D eigenvalue weighted by molar-refractivity contribution is 5.83. The highest BCUT2D eigenvalue weighted by atomic mass is 16.5. The van der Waals surface area contributed by atoms with Gasteiger partial charge in [-0.15, -0.1) is 0 Å². The van der Waals surface area contributed by atoms with E-state index < -0.39 is 5.41 Å². The molecule has 4 rings (SSSR count). The fraction of sp³-hybridized carbons (Fsp3) is 0.550. The Hall–Kier alpha value is -2.41. The largest absolute Gasteiger partial charge is 0.381 e. The van der Waals surface area contributed by atoms with Crippen LogP contribution in [0.25, 0.3) is 11.0 Å². The molecule has 7 nitrogen and oxygen atoms in total. The van der Waals surface area contributed by atoms with E-state index >= 15 is 0 Å². The van der Waals surface area contributed by atoms with E-state index in [2.05, 4.69) is 10.2 Å². The summed E-state index contributed by atoms with van der Waals surface area (Å²) < 4.78 is 5.43. The molecule has 144 valence electrons. The van der Waals surface area contributed by atoms with Crippen LogP contribution in [-0.4, -0.2) is 48.7 Å². The van der Waals surface area contributed by atoms with Crippen molar-refractivity contribution in [3.8, 4) is 0 Å². The number of para-hydroxylation sites is 2. The quantitative estimate of drug-likeness (QED) is 0.840. The van der Waals surface area contributed by atoms with E-state index in [1.807, 2.05) is 24.3 Å². The Morgan fingerprint density at radius 1 is 1.11 bits per heavy atom. The first-order valence-electron chi connectivity index (χ1n) is 9.81. The van der Waals surface area contributed by atoms with Crippen molar-refractivity contribution >= 4 is 28.6 Å². The van der Waals surface area contributed by atoms with Crippen molar-refractivity contribution in [2.45, 2.75) is 32.1 Å². The summed E-state index contributed by atoms with van der Waals surface area (Å²) in [5.41, 5.74) is 6.90. The predicted octanol–water partition coefficient (Wildman–Crippen LogP) is 2.31. The molecule has 0 saturated carbocycles. The number of rotatable bonds is 5. The van der Waals surface area contributed by atoms with Gasteiger partial charge in [-0.3, -0.25) is 4.79 Å². The second-order valence-electron chi connectivity index (χ2n) is 7.54. The molecule has 0 unspecified atom stereocenters. The van der Waals surface area contributed by atoms with E-state index in [4.69, 9.17) is 20.4 Å². The molecule has 3 N–H and O–H groups in total. The van der Waals surface area contributed by atoms with E-state index in [0.717, 1.165) is 48.6 Å². The molecule has 1 aromatic heterocycles. The topological polar surface area (TPSA) is 93.4 Å². The molecule has 2 aromatic rings. The lowest BCUT2D eigenvalue weighted by molar-refractivity contribution is -0.132. The third-order valence-corrected chi connectivity index (χ3v) is 5.77. The van der Waals surface area contributed by atoms with Crippen LogP contribution in [-0.2, 0) is 9.53 Å². The molecule has 0 spiro atoms. The molecule has 2 aliphatic rings. The second kappa shape index (κ2) is 7.68. The summed E-state index contributed by atoms with van der Waals surface area (Å²) in [5, 5.41) is 3.42. The van der Waals surface area contributed by atoms with Gasteiger partial charge in [-0.1, -0.05) is 12.1 Å². The maximum atomic E-state index is 12.2. The Kier molecular flexibility index (Phi) is 5.11. The summed E-state index contributed by atoms with van der Waals surface area (Å²) in [6.45, 7) is 3.55. The standard InChI is InChI=1S/C20H27N5O2/c21-19(26)20(8-12-27-13-9-20)14-22-17-18(25-10-4-1-5-11-25)24-16-7-3-2-6-15(16)23-17/h2-3,6-7H,1,4-5,8-14H2,(H2,21,26)(H,22,23). The van der Waals surface area contributed by atoms with Gasteiger partial charge in [0.25, 0.3) is 0 Å². The van der Waals surface area contributed by atoms with Gasteiger partial charge in [-0.2, -0.15) is 0 Å². The number of nitrogens with one attached hydrogen (secondary N) is 1. The smallest absolute Gasteiger partial charge is 0.225 e. The van der Waals surface area contributed by atoms with Crippen LogP contribution in [0.3, 0.4) is 0 Å². The van der Waals surface area contributed by atoms with Gasteiger partial charge in [0.2, 0.25) is 5.91 Å². The summed E-state index contributed by atoms with van der Waals surface area (Å²) in [5.74, 6) is 1.34. The molecule has 0 aliphatic carbocycles. The van der Waals surface area contributed by atoms with Crippen molar-refractivity contribution in [1.82, 2.24) is 9.97 Å². The van der Waals surface area contributed by atoms with Gasteiger partial charge in [0, 0.05) is 32.8 Å². The Morgan fingerprint density at radius 3 is 2.44 bits per heavy atom. The van der Waals surface area contributed by atoms with E-state index in [1.165, 1.54) is 6.42 Å². The molecule has 1 amide bonds. The number of fused-ring (bicyclic) bond motifs is 1. The highest BCUT2D eigenvalue weighted by Crippen LogP contribution is 2.33. The highest BCUT2D eigenvalue weighted by Gasteiger charge is 2.38. The van der Waals surface area contributed by atoms with Crippen molar-refractivity contribution in [3.05, 3.63) is 24.3 Å². The molecule has 27 heavy (non-hydrogen) atoms. The van der Waals surface area contributed by atoms with Crippen LogP contribution in [0, 0.1) is 5.41 Å². The van der Waals surface area contributed by atoms with Gasteiger partial charge >= 0.3 is 0 Å². The molecule has 1 aromatic carbocycles. The van der Waals surface area contributed by atoms with Crippen molar-refractivity contribution in [1.29, 1.82) is 0 Å². The number of primary amides is 1. The first kappa shape index (κ1) is 18.0. The Labute approximate surface area is 159 Å². The lowest BCUT2D eigenvalue weighted by Gasteiger charge is -2.35. The summed E-state index contributed by atoms with van der Waals surface area (Å²) in [6, 6.07) is 7.90. The van der Waals surface area contributed by atoms with Crippen LogP contribution in [0.2, 0.25) is 0 Å². The lowest BCUT2D eigenvalue weighted by Crippen LogP contribution is -2.46. The zero-order chi connectivity index (χ0) is 18.7. The first-order chi connectivity index (χ1) is 13.2. The third-order valence-electron chi connectivity index (χ3n) is 5.77. The molecule has 2 aliphatic heterocycles. The van der Waals surface area contributed by atoms with Crippen molar-refractivity contribution in [2.24, 2.45) is 11.1 Å². The first-order valence-corrected chi connectivity index (χ1v) is 9.81. The molecule has 7 heteroatoms. The number of ether oxygens (including phenoxy) is 1. The lowest BCUT2D eigenvalue weighted by atomic mass is 9.79. The number of aromatic nitrogens is 2. The number of benzene rings is 1. The van der Waals surface area contributed by atoms with E-state index in [1.54, 1.807) is 0 Å². The average Bonchev–Trinajstić information content (AvgIpc) is 2.73. The summed E-state index contributed by atoms with van der Waals surface area (Å²) >= 11 is 0. The van der Waals surface area contributed by atoms with Gasteiger partial charge in [-0.05, 0) is 44.2 Å². The van der Waals surface area contributed by atoms with Crippen LogP contribution in [0.15, 0.2) is 24.3 Å². The third kappa shape index (κ3) is 3.69. The van der Waals surface area contributed by atoms with Crippen LogP contribution in [0.5, 0.6) is 0 Å². The van der Waals surface area contributed by atoms with Crippen molar-refractivity contribution in [3.63, 3.8) is 0 Å². The fourth-order valence-corrected chi connectivity index (χ4v) is 3.96. The number of piperidine rings is 1. The number of hydrogen-bond donors (Lipinski definition) is 2. The van der Waals surface area contributed by atoms with Gasteiger partial charge in [0.1, 0.15) is 0 Å². The molecule has 3 heterocycles. The monoisotopic (exact) mass is 369 g/mol. The van der Waals surface area contributed by atoms with Crippen molar-refractivity contribution < 1.29 is 9.53 Å². The zero-order valence-electron chi connectivity index (χ0n) is 15.6. The average molecular weight is 369 g/mol. The minimum absolute atomic E-state index is 0.272. The summed E-state index contributed by atoms with van der Waals surface area (Å²) in [6.07, 6.45) is 4.85. The summed E-state index contributed by atoms with van der Waals surface area (Å²) in [4.78, 5) is 24.2. The van der Waals surface area contributed by atoms with Gasteiger partial charge in [0.05, 0.1) is 16.4 Å². The number of hydrogen-bond acceptors (Lipinski definition) is 6. The molecular formula is C20H27N5O2. The number of amides is 1. The Bertz CT molecular complexity index is 813. The van der Waals surface area contributed by atoms with Crippen LogP contribution < -0.4 is 16.0 Å². The molecule has 2 fully saturated rings. The van der Waals surface area contributed by atoms with E-state index in [9.17, 15) is 4.79 Å². The van der Waals surface area contributed by atoms with Gasteiger partial charge in [0.15, 0.2) is 11.6 Å². The molecule has 0 bridgehead atoms. The number of carbonyl (C=O) groups is 1. The SMILES string of the molecule is NC(=O)C1(CNc2nc3ccccc3nc2N2CCCCC2)CCOCC1. The van der Waals surface area contributed by atoms with Gasteiger partial charge < -0.3 is 20.7 Å². The predicted molar refractivity (Wildman–Crippen MR) is 106 cm³/mol. The number of nitrogens with zero attached hydrogens (tertiary/aromatic N) is 3. The normalized spacial score (nSPS) is 19.8. The molecule has 2 saturated heterocycles. The number of anilines is 2. The van der Waals surface area contributed by atoms with Crippen LogP contribution >= 0.6 is 0 Å². The fourth-order valence-electron chi connectivity index (χ4n) is 3.96. The zero-order valence-corrected chi connectivity index (χ0v) is 15.6. The van der Waals surface area contributed by atoms with Crippen molar-refractivity contribution in [2.75, 3.05) is 43.1 Å². The van der Waals surface area contributed by atoms with E-state index in [-0.39, 0.29) is 5.91 Å². The maximum absolute atomic E-state index is 12.2. The number of carbonyl (C=O) groups excluding carboxylic acids is 1. The summed E-state index contributed by atoms with van der Waals surface area (Å²) in [7, 11) is 0. The molecule has 0 atom stereocenters. The van der Waals surface area contributed by atoms with Gasteiger partial charge in [-0.25, -0.2) is 9.97 Å². The maximum Gasteiger partial charge on any atom is 0.225 e.